The standard InChI is InChI=1S/C35H37F2N7O4/c1-21-13-14-23(31(45)39-18-22-9-6-5-7-10-22)17-24(21)28-25-19-40-33(46)44(29-26(36)11-8-12-27(29)37)30(25)42-32(41-28)38-15-16-43(34(47)48)20-35(2,3)4/h5-14,17H,15-16,18-20H2,1-4H3,(H,39,45)(H,40,46)(H,47,48)(H,38,41,42). The number of benzene rings is 3. The summed E-state index contributed by atoms with van der Waals surface area (Å²) >= 11 is 0. The lowest BCUT2D eigenvalue weighted by molar-refractivity contribution is 0.0950. The van der Waals surface area contributed by atoms with Gasteiger partial charge in [0.2, 0.25) is 5.95 Å². The van der Waals surface area contributed by atoms with Crippen LogP contribution in [-0.4, -0.2) is 57.6 Å². The number of rotatable bonds is 10. The predicted octanol–water partition coefficient (Wildman–Crippen LogP) is 6.46. The average Bonchev–Trinajstić information content (AvgIpc) is 3.03. The van der Waals surface area contributed by atoms with Crippen molar-refractivity contribution in [3.63, 3.8) is 0 Å². The molecule has 0 fully saturated rings. The molecule has 250 valence electrons. The zero-order chi connectivity index (χ0) is 34.6. The molecule has 13 heteroatoms. The van der Waals surface area contributed by atoms with Crippen LogP contribution in [0.5, 0.6) is 0 Å². The van der Waals surface area contributed by atoms with Crippen LogP contribution in [0, 0.1) is 24.0 Å². The third-order valence-corrected chi connectivity index (χ3v) is 7.63. The average molecular weight is 658 g/mol. The van der Waals surface area contributed by atoms with Gasteiger partial charge in [0, 0.05) is 42.9 Å². The van der Waals surface area contributed by atoms with Crippen LogP contribution in [0.15, 0.2) is 66.7 Å². The van der Waals surface area contributed by atoms with E-state index in [-0.39, 0.29) is 49.3 Å². The number of aromatic nitrogens is 2. The molecule has 48 heavy (non-hydrogen) atoms. The molecule has 0 bridgehead atoms. The van der Waals surface area contributed by atoms with E-state index in [2.05, 4.69) is 20.9 Å². The first-order valence-electron chi connectivity index (χ1n) is 15.4. The number of anilines is 3. The summed E-state index contributed by atoms with van der Waals surface area (Å²) in [6.45, 7) is 8.33. The van der Waals surface area contributed by atoms with Gasteiger partial charge in [-0.3, -0.25) is 4.79 Å². The van der Waals surface area contributed by atoms with Crippen LogP contribution in [0.1, 0.15) is 47.8 Å². The normalized spacial score (nSPS) is 12.6. The summed E-state index contributed by atoms with van der Waals surface area (Å²) in [6, 6.07) is 17.1. The minimum atomic E-state index is -1.09. The van der Waals surface area contributed by atoms with E-state index in [9.17, 15) is 19.5 Å². The lowest BCUT2D eigenvalue weighted by atomic mass is 9.96. The zero-order valence-electron chi connectivity index (χ0n) is 27.1. The van der Waals surface area contributed by atoms with Crippen molar-refractivity contribution in [2.45, 2.75) is 40.8 Å². The van der Waals surface area contributed by atoms with Crippen molar-refractivity contribution in [3.8, 4) is 11.3 Å². The number of aryl methyl sites for hydroxylation is 1. The summed E-state index contributed by atoms with van der Waals surface area (Å²) in [4.78, 5) is 49.7. The Balaban J connectivity index is 1.56. The zero-order valence-corrected chi connectivity index (χ0v) is 27.1. The first-order chi connectivity index (χ1) is 22.8. The van der Waals surface area contributed by atoms with E-state index in [0.29, 0.717) is 28.9 Å². The third-order valence-electron chi connectivity index (χ3n) is 7.63. The summed E-state index contributed by atoms with van der Waals surface area (Å²) in [5.41, 5.74) is 2.35. The van der Waals surface area contributed by atoms with Gasteiger partial charge in [0.25, 0.3) is 5.91 Å². The van der Waals surface area contributed by atoms with Gasteiger partial charge in [-0.05, 0) is 47.7 Å². The second-order valence-electron chi connectivity index (χ2n) is 12.7. The highest BCUT2D eigenvalue weighted by atomic mass is 19.1. The molecule has 0 atom stereocenters. The van der Waals surface area contributed by atoms with Gasteiger partial charge in [-0.2, -0.15) is 4.98 Å². The Morgan fingerprint density at radius 3 is 2.40 bits per heavy atom. The summed E-state index contributed by atoms with van der Waals surface area (Å²) in [6.07, 6.45) is -1.09. The number of carbonyl (C=O) groups is 3. The molecule has 1 aromatic heterocycles. The van der Waals surface area contributed by atoms with Crippen molar-refractivity contribution in [1.82, 2.24) is 25.5 Å². The number of nitrogens with one attached hydrogen (secondary N) is 3. The quantitative estimate of drug-likeness (QED) is 0.154. The Morgan fingerprint density at radius 1 is 1.02 bits per heavy atom. The first kappa shape index (κ1) is 33.8. The molecule has 0 saturated heterocycles. The van der Waals surface area contributed by atoms with Crippen LogP contribution < -0.4 is 20.9 Å². The number of fused-ring (bicyclic) bond motifs is 1. The number of halogens is 2. The van der Waals surface area contributed by atoms with Crippen molar-refractivity contribution in [3.05, 3.63) is 101 Å². The van der Waals surface area contributed by atoms with E-state index in [1.165, 1.54) is 11.0 Å². The van der Waals surface area contributed by atoms with E-state index >= 15 is 8.78 Å². The summed E-state index contributed by atoms with van der Waals surface area (Å²) in [7, 11) is 0. The van der Waals surface area contributed by atoms with E-state index in [1.807, 2.05) is 58.0 Å². The largest absolute Gasteiger partial charge is 0.465 e. The molecule has 4 N–H and O–H groups in total. The summed E-state index contributed by atoms with van der Waals surface area (Å²) < 4.78 is 30.2. The monoisotopic (exact) mass is 657 g/mol. The molecule has 4 amide bonds. The van der Waals surface area contributed by atoms with Gasteiger partial charge in [-0.15, -0.1) is 0 Å². The molecule has 0 aliphatic carbocycles. The number of carboxylic acid groups (broad SMARTS) is 1. The Kier molecular flexibility index (Phi) is 9.87. The predicted molar refractivity (Wildman–Crippen MR) is 178 cm³/mol. The minimum Gasteiger partial charge on any atom is -0.465 e. The molecule has 0 saturated carbocycles. The first-order valence-corrected chi connectivity index (χ1v) is 15.4. The van der Waals surface area contributed by atoms with Gasteiger partial charge < -0.3 is 26.0 Å². The maximum absolute atomic E-state index is 15.1. The molecule has 4 aromatic rings. The lowest BCUT2D eigenvalue weighted by Crippen LogP contribution is -2.43. The highest BCUT2D eigenvalue weighted by molar-refractivity contribution is 6.02. The lowest BCUT2D eigenvalue weighted by Gasteiger charge is -2.31. The van der Waals surface area contributed by atoms with Crippen molar-refractivity contribution < 1.29 is 28.3 Å². The molecule has 0 unspecified atom stereocenters. The number of urea groups is 1. The van der Waals surface area contributed by atoms with Crippen LogP contribution in [0.2, 0.25) is 0 Å². The highest BCUT2D eigenvalue weighted by Crippen LogP contribution is 2.39. The fraction of sp³-hybridized carbons (Fsp3) is 0.286. The second kappa shape index (κ2) is 14.0. The van der Waals surface area contributed by atoms with Crippen LogP contribution in [0.25, 0.3) is 11.3 Å². The van der Waals surface area contributed by atoms with Gasteiger partial charge in [-0.25, -0.2) is 28.3 Å². The topological polar surface area (TPSA) is 140 Å². The van der Waals surface area contributed by atoms with Crippen LogP contribution in [0.3, 0.4) is 0 Å². The smallest absolute Gasteiger partial charge is 0.407 e. The second-order valence-corrected chi connectivity index (χ2v) is 12.7. The van der Waals surface area contributed by atoms with Crippen LogP contribution >= 0.6 is 0 Å². The van der Waals surface area contributed by atoms with Gasteiger partial charge >= 0.3 is 12.1 Å². The number of hydrogen-bond acceptors (Lipinski definition) is 6. The van der Waals surface area contributed by atoms with Crippen molar-refractivity contribution in [1.29, 1.82) is 0 Å². The highest BCUT2D eigenvalue weighted by Gasteiger charge is 2.34. The molecule has 3 aromatic carbocycles. The maximum atomic E-state index is 15.1. The number of para-hydroxylation sites is 1. The minimum absolute atomic E-state index is 0.000345. The van der Waals surface area contributed by atoms with E-state index in [0.717, 1.165) is 28.2 Å². The van der Waals surface area contributed by atoms with Gasteiger partial charge in [-0.1, -0.05) is 63.2 Å². The molecular weight excluding hydrogens is 620 g/mol. The molecular formula is C35H37F2N7O4. The SMILES string of the molecule is Cc1ccc(C(=O)NCc2ccccc2)cc1-c1nc(NCCN(CC(C)(C)C)C(=O)O)nc2c1CNC(=O)N2c1c(F)cccc1F. The molecule has 1 aliphatic rings. The van der Waals surface area contributed by atoms with Crippen LogP contribution in [0.4, 0.5) is 35.8 Å². The van der Waals surface area contributed by atoms with Gasteiger partial charge in [0.15, 0.2) is 5.82 Å². The Hall–Kier alpha value is -5.59. The van der Waals surface area contributed by atoms with Crippen LogP contribution in [-0.2, 0) is 13.1 Å². The number of amides is 4. The van der Waals surface area contributed by atoms with Crippen molar-refractivity contribution in [2.75, 3.05) is 29.9 Å². The number of hydrogen-bond donors (Lipinski definition) is 4. The fourth-order valence-corrected chi connectivity index (χ4v) is 5.39. The molecule has 11 nitrogen and oxygen atoms in total. The molecule has 0 radical (unpaired) electrons. The van der Waals surface area contributed by atoms with E-state index in [1.54, 1.807) is 18.2 Å². The van der Waals surface area contributed by atoms with Gasteiger partial charge in [0.1, 0.15) is 17.3 Å². The molecule has 1 aliphatic heterocycles. The Labute approximate surface area is 277 Å². The Morgan fingerprint density at radius 2 is 1.73 bits per heavy atom. The number of nitrogens with zero attached hydrogens (tertiary/aromatic N) is 4. The maximum Gasteiger partial charge on any atom is 0.407 e. The van der Waals surface area contributed by atoms with Crippen molar-refractivity contribution >= 4 is 35.5 Å². The Bertz CT molecular complexity index is 1830. The van der Waals surface area contributed by atoms with Crippen molar-refractivity contribution in [2.24, 2.45) is 5.41 Å². The van der Waals surface area contributed by atoms with E-state index < -0.39 is 29.4 Å². The third kappa shape index (κ3) is 7.68. The molecule has 2 heterocycles. The molecule has 0 spiro atoms. The molecule has 5 rings (SSSR count). The number of carbonyl (C=O) groups excluding carboxylic acids is 2. The summed E-state index contributed by atoms with van der Waals surface area (Å²) in [5.74, 6) is -2.32. The fourth-order valence-electron chi connectivity index (χ4n) is 5.39. The van der Waals surface area contributed by atoms with E-state index in [4.69, 9.17) is 4.98 Å². The summed E-state index contributed by atoms with van der Waals surface area (Å²) in [5, 5.41) is 18.4. The van der Waals surface area contributed by atoms with Gasteiger partial charge in [0.05, 0.1) is 12.2 Å².